The molecule has 0 heteroatoms. The Hall–Kier alpha value is -9.88. The van der Waals surface area contributed by atoms with Gasteiger partial charge in [0.15, 0.2) is 0 Å². The van der Waals surface area contributed by atoms with Gasteiger partial charge in [0.2, 0.25) is 0 Å². The van der Waals surface area contributed by atoms with Crippen molar-refractivity contribution < 1.29 is 0 Å². The third kappa shape index (κ3) is 9.79. The molecule has 0 aliphatic heterocycles. The molecule has 0 aliphatic rings. The number of fused-ring (bicyclic) bond motifs is 14. The Balaban J connectivity index is 1.03. The van der Waals surface area contributed by atoms with Crippen molar-refractivity contribution in [2.45, 2.75) is 209 Å². The van der Waals surface area contributed by atoms with Gasteiger partial charge in [-0.1, -0.05) is 360 Å². The summed E-state index contributed by atoms with van der Waals surface area (Å²) in [5.41, 5.74) is 20.6. The third-order valence-electron chi connectivity index (χ3n) is 25.7. The Morgan fingerprint density at radius 3 is 0.454 bits per heavy atom. The second-order valence-electron chi connectivity index (χ2n) is 41.3. The number of rotatable bonds is 4. The van der Waals surface area contributed by atoms with E-state index in [2.05, 4.69) is 360 Å². The summed E-state index contributed by atoms with van der Waals surface area (Å²) in [6.45, 7) is 57.6. The molecule has 536 valence electrons. The van der Waals surface area contributed by atoms with Crippen molar-refractivity contribution in [1.29, 1.82) is 0 Å². The average Bonchev–Trinajstić information content (AvgIpc) is 1.50. The maximum Gasteiger partial charge on any atom is -0.000717 e. The molecule has 0 heterocycles. The van der Waals surface area contributed by atoms with Gasteiger partial charge >= 0.3 is 0 Å². The lowest BCUT2D eigenvalue weighted by Gasteiger charge is -2.28. The van der Waals surface area contributed by atoms with E-state index in [1.807, 2.05) is 0 Å². The minimum absolute atomic E-state index is 0.105. The molecular weight excluding hydrogens is 1300 g/mol. The molecule has 19 aromatic rings. The van der Waals surface area contributed by atoms with E-state index in [0.29, 0.717) is 0 Å². The standard InChI is InChI=1S/C108H104/c1-101(2,3)63-45-59(46-64(53-63)102(4,5)6)85-93-75-33-25-29-57-30-26-34-76(83(57)75)94(93)86(60-47-65(103(7,8)9)54-66(48-60)104(10,11)12)98-80-42-38-72-74-40-44-82-92-81(43-39-73(90(74)92)71-37-41-79(97(85)98)91(80)89(71)72)99-87(61-49-67(105(13,14)15)55-68(50-61)106(16,17)18)95-77-35-27-31-58-32-28-36-78(84(58)77)96(95)88(100(82)99)62-51-69(107(19,20)21)56-70(52-62)108(22,23)24/h25-56H,1-24H3. The highest BCUT2D eigenvalue weighted by molar-refractivity contribution is 6.53. The van der Waals surface area contributed by atoms with Crippen LogP contribution in [0.1, 0.15) is 211 Å². The molecule has 0 amide bonds. The summed E-state index contributed by atoms with van der Waals surface area (Å²) in [7, 11) is 0. The van der Waals surface area contributed by atoms with Gasteiger partial charge in [-0.25, -0.2) is 0 Å². The van der Waals surface area contributed by atoms with Crippen molar-refractivity contribution in [3.8, 4) is 44.5 Å². The fourth-order valence-electron chi connectivity index (χ4n) is 19.6. The monoisotopic (exact) mass is 1400 g/mol. The van der Waals surface area contributed by atoms with Crippen LogP contribution in [0, 0.1) is 0 Å². The van der Waals surface area contributed by atoms with Gasteiger partial charge in [0.25, 0.3) is 0 Å². The maximum absolute atomic E-state index is 2.58. The predicted molar refractivity (Wildman–Crippen MR) is 479 cm³/mol. The fraction of sp³-hybridized carbons (Fsp3) is 0.296. The van der Waals surface area contributed by atoms with Gasteiger partial charge in [-0.15, -0.1) is 0 Å². The lowest BCUT2D eigenvalue weighted by Crippen LogP contribution is -2.16. The third-order valence-corrected chi connectivity index (χ3v) is 25.7. The second-order valence-corrected chi connectivity index (χ2v) is 41.3. The first-order valence-electron chi connectivity index (χ1n) is 40.0. The molecular formula is C108H104. The van der Waals surface area contributed by atoms with E-state index < -0.39 is 0 Å². The van der Waals surface area contributed by atoms with Gasteiger partial charge in [-0.05, 0) is 283 Å². The highest BCUT2D eigenvalue weighted by atomic mass is 14.4. The first-order chi connectivity index (χ1) is 50.6. The molecule has 0 atom stereocenters. The van der Waals surface area contributed by atoms with Crippen molar-refractivity contribution in [3.05, 3.63) is 239 Å². The fourth-order valence-corrected chi connectivity index (χ4v) is 19.6. The Labute approximate surface area is 639 Å². The largest absolute Gasteiger partial charge is 0.0610 e. The van der Waals surface area contributed by atoms with Gasteiger partial charge in [-0.3, -0.25) is 0 Å². The molecule has 0 radical (unpaired) electrons. The van der Waals surface area contributed by atoms with Crippen LogP contribution in [0.2, 0.25) is 0 Å². The van der Waals surface area contributed by atoms with Crippen LogP contribution in [0.25, 0.3) is 195 Å². The number of hydrogen-bond donors (Lipinski definition) is 0. The molecule has 19 rings (SSSR count). The van der Waals surface area contributed by atoms with Gasteiger partial charge in [0.05, 0.1) is 0 Å². The van der Waals surface area contributed by atoms with Crippen molar-refractivity contribution in [3.63, 3.8) is 0 Å². The highest BCUT2D eigenvalue weighted by Crippen LogP contribution is 2.62. The van der Waals surface area contributed by atoms with Crippen LogP contribution in [0.4, 0.5) is 0 Å². The van der Waals surface area contributed by atoms with Gasteiger partial charge in [-0.2, -0.15) is 0 Å². The topological polar surface area (TPSA) is 0 Å². The lowest BCUT2D eigenvalue weighted by molar-refractivity contribution is 0.568. The Morgan fingerprint density at radius 1 is 0.139 bits per heavy atom. The molecule has 0 fully saturated rings. The molecule has 108 heavy (non-hydrogen) atoms. The van der Waals surface area contributed by atoms with E-state index in [0.717, 1.165) is 0 Å². The quantitative estimate of drug-likeness (QED) is 0.122. The average molecular weight is 1400 g/mol. The molecule has 0 aromatic heterocycles. The molecule has 0 N–H and O–H groups in total. The molecule has 0 saturated carbocycles. The van der Waals surface area contributed by atoms with Crippen LogP contribution in [0.3, 0.4) is 0 Å². The van der Waals surface area contributed by atoms with Crippen molar-refractivity contribution in [2.24, 2.45) is 0 Å². The van der Waals surface area contributed by atoms with E-state index in [1.165, 1.54) is 240 Å². The summed E-state index contributed by atoms with van der Waals surface area (Å²) in [4.78, 5) is 0. The summed E-state index contributed by atoms with van der Waals surface area (Å²) >= 11 is 0. The zero-order valence-corrected chi connectivity index (χ0v) is 68.5. The number of benzene rings is 15. The molecule has 0 saturated heterocycles. The summed E-state index contributed by atoms with van der Waals surface area (Å²) in [6.07, 6.45) is 0. The minimum Gasteiger partial charge on any atom is -0.0610 e. The highest BCUT2D eigenvalue weighted by Gasteiger charge is 2.36. The smallest absolute Gasteiger partial charge is 0.000717 e. The van der Waals surface area contributed by atoms with Gasteiger partial charge in [0.1, 0.15) is 0 Å². The first kappa shape index (κ1) is 68.6. The summed E-state index contributed by atoms with van der Waals surface area (Å²) in [5, 5.41) is 37.4. The summed E-state index contributed by atoms with van der Waals surface area (Å²) in [6, 6.07) is 79.7. The molecule has 0 nitrogen and oxygen atoms in total. The Bertz CT molecular complexity index is 6090. The molecule has 0 aliphatic carbocycles. The lowest BCUT2D eigenvalue weighted by atomic mass is 9.76. The Kier molecular flexibility index (Phi) is 14.0. The summed E-state index contributed by atoms with van der Waals surface area (Å²) in [5.74, 6) is 0. The second kappa shape index (κ2) is 22.0. The molecule has 0 spiro atoms. The van der Waals surface area contributed by atoms with E-state index in [9.17, 15) is 0 Å². The van der Waals surface area contributed by atoms with Crippen LogP contribution in [-0.4, -0.2) is 0 Å². The molecule has 0 unspecified atom stereocenters. The summed E-state index contributed by atoms with van der Waals surface area (Å²) < 4.78 is 0. The van der Waals surface area contributed by atoms with Crippen molar-refractivity contribution >= 4 is 151 Å². The van der Waals surface area contributed by atoms with Crippen molar-refractivity contribution in [2.75, 3.05) is 0 Å². The Morgan fingerprint density at radius 2 is 0.287 bits per heavy atom. The van der Waals surface area contributed by atoms with Crippen LogP contribution in [-0.2, 0) is 43.3 Å². The van der Waals surface area contributed by atoms with Crippen molar-refractivity contribution in [1.82, 2.24) is 0 Å². The van der Waals surface area contributed by atoms with E-state index in [-0.39, 0.29) is 43.3 Å². The van der Waals surface area contributed by atoms with Gasteiger partial charge < -0.3 is 0 Å². The van der Waals surface area contributed by atoms with Crippen LogP contribution in [0.15, 0.2) is 194 Å². The zero-order chi connectivity index (χ0) is 76.0. The SMILES string of the molecule is CC(C)(C)c1cc(-c2c3c4cccc5cccc(c3c(-c3cc(C(C)(C)C)cc(C(C)(C)C)c3)c3c6ccc7c8ccc9c%10c(-c%11cc(C(C)(C)C)cc(C(C)(C)C)c%11)c%11c%12cccc%13cccc(c%11c(-c%11cc(C(C)(C)C)cc(C(C)(C)C)c%11)c%10c%10ccc(c%11ccc(c23)c6c%117)c8c%109)c%13%12)c54)cc(C(C)(C)C)c1. The van der Waals surface area contributed by atoms with Gasteiger partial charge in [0, 0.05) is 0 Å². The predicted octanol–water partition coefficient (Wildman–Crippen LogP) is 32.1. The zero-order valence-electron chi connectivity index (χ0n) is 68.5. The van der Waals surface area contributed by atoms with E-state index >= 15 is 0 Å². The minimum atomic E-state index is -0.105. The van der Waals surface area contributed by atoms with E-state index in [4.69, 9.17) is 0 Å². The normalized spacial score (nSPS) is 13.9. The number of hydrogen-bond acceptors (Lipinski definition) is 0. The van der Waals surface area contributed by atoms with Crippen LogP contribution < -0.4 is 0 Å². The van der Waals surface area contributed by atoms with Crippen LogP contribution in [0.5, 0.6) is 0 Å². The molecule has 0 bridgehead atoms. The molecule has 19 aromatic carbocycles. The van der Waals surface area contributed by atoms with E-state index in [1.54, 1.807) is 0 Å². The first-order valence-corrected chi connectivity index (χ1v) is 40.0. The van der Waals surface area contributed by atoms with Crippen LogP contribution >= 0.6 is 0 Å². The maximum atomic E-state index is 2.58.